The van der Waals surface area contributed by atoms with Crippen LogP contribution >= 0.6 is 0 Å². The first kappa shape index (κ1) is 13.3. The Morgan fingerprint density at radius 2 is 2.23 bits per heavy atom. The van der Waals surface area contributed by atoms with Crippen LogP contribution in [0.1, 0.15) is 5.56 Å². The molecule has 1 fully saturated rings. The van der Waals surface area contributed by atoms with Crippen LogP contribution in [0.2, 0.25) is 0 Å². The van der Waals surface area contributed by atoms with Gasteiger partial charge in [-0.2, -0.15) is 5.10 Å². The molecule has 0 N–H and O–H groups in total. The van der Waals surface area contributed by atoms with Crippen molar-refractivity contribution in [2.75, 3.05) is 13.2 Å². The third-order valence-electron chi connectivity index (χ3n) is 4.11. The third-order valence-corrected chi connectivity index (χ3v) is 4.11. The number of fused-ring (bicyclic) bond motifs is 1. The van der Waals surface area contributed by atoms with Crippen LogP contribution in [0.15, 0.2) is 36.9 Å². The highest BCUT2D eigenvalue weighted by Crippen LogP contribution is 2.24. The van der Waals surface area contributed by atoms with Crippen LogP contribution in [0.25, 0.3) is 11.0 Å². The Bertz CT molecular complexity index is 806. The maximum atomic E-state index is 5.91. The lowest BCUT2D eigenvalue weighted by Crippen LogP contribution is -2.10. The van der Waals surface area contributed by atoms with Crippen LogP contribution in [0.5, 0.6) is 5.75 Å². The SMILES string of the molecule is Cn1cc(CN2CC2COc2ccc3c(c2)ncn3C)cn1. The van der Waals surface area contributed by atoms with Crippen molar-refractivity contribution in [3.05, 3.63) is 42.5 Å². The van der Waals surface area contributed by atoms with E-state index < -0.39 is 0 Å². The number of hydrogen-bond acceptors (Lipinski definition) is 4. The summed E-state index contributed by atoms with van der Waals surface area (Å²) < 4.78 is 9.76. The van der Waals surface area contributed by atoms with Gasteiger partial charge in [-0.3, -0.25) is 9.58 Å². The number of benzene rings is 1. The second-order valence-electron chi connectivity index (χ2n) is 5.92. The molecule has 0 aliphatic carbocycles. The summed E-state index contributed by atoms with van der Waals surface area (Å²) in [5.41, 5.74) is 3.35. The Hall–Kier alpha value is -2.34. The lowest BCUT2D eigenvalue weighted by Gasteiger charge is -2.06. The average molecular weight is 297 g/mol. The van der Waals surface area contributed by atoms with Gasteiger partial charge in [-0.15, -0.1) is 0 Å². The third kappa shape index (κ3) is 2.57. The van der Waals surface area contributed by atoms with Gasteiger partial charge in [0.15, 0.2) is 0 Å². The summed E-state index contributed by atoms with van der Waals surface area (Å²) in [7, 11) is 3.94. The molecule has 2 unspecified atom stereocenters. The predicted molar refractivity (Wildman–Crippen MR) is 83.6 cm³/mol. The molecule has 1 saturated heterocycles. The van der Waals surface area contributed by atoms with Crippen LogP contribution in [-0.2, 0) is 20.6 Å². The first-order valence-electron chi connectivity index (χ1n) is 7.44. The Morgan fingerprint density at radius 3 is 3.05 bits per heavy atom. The molecule has 0 amide bonds. The van der Waals surface area contributed by atoms with E-state index in [0.717, 1.165) is 36.5 Å². The van der Waals surface area contributed by atoms with Crippen LogP contribution in [0, 0.1) is 0 Å². The van der Waals surface area contributed by atoms with Crippen LogP contribution in [0.4, 0.5) is 0 Å². The zero-order chi connectivity index (χ0) is 15.1. The smallest absolute Gasteiger partial charge is 0.121 e. The number of nitrogens with zero attached hydrogens (tertiary/aromatic N) is 5. The van der Waals surface area contributed by atoms with Crippen LogP contribution in [0.3, 0.4) is 0 Å². The van der Waals surface area contributed by atoms with Crippen molar-refractivity contribution in [2.45, 2.75) is 12.6 Å². The summed E-state index contributed by atoms with van der Waals surface area (Å²) in [5, 5.41) is 4.20. The van der Waals surface area contributed by atoms with Crippen molar-refractivity contribution in [3.63, 3.8) is 0 Å². The first-order chi connectivity index (χ1) is 10.7. The summed E-state index contributed by atoms with van der Waals surface area (Å²) in [4.78, 5) is 6.74. The fraction of sp³-hybridized carbons (Fsp3) is 0.375. The fourth-order valence-electron chi connectivity index (χ4n) is 2.76. The number of imidazole rings is 1. The molecule has 1 aromatic carbocycles. The summed E-state index contributed by atoms with van der Waals surface area (Å²) in [5.74, 6) is 0.888. The van der Waals surface area contributed by atoms with E-state index in [-0.39, 0.29) is 0 Å². The second-order valence-corrected chi connectivity index (χ2v) is 5.92. The van der Waals surface area contributed by atoms with E-state index in [0.29, 0.717) is 6.04 Å². The molecule has 1 aliphatic rings. The number of ether oxygens (including phenoxy) is 1. The van der Waals surface area contributed by atoms with E-state index in [9.17, 15) is 0 Å². The van der Waals surface area contributed by atoms with Crippen molar-refractivity contribution >= 4 is 11.0 Å². The largest absolute Gasteiger partial charge is 0.492 e. The summed E-state index contributed by atoms with van der Waals surface area (Å²) in [6.07, 6.45) is 5.81. The number of hydrogen-bond donors (Lipinski definition) is 0. The van der Waals surface area contributed by atoms with Gasteiger partial charge in [0.25, 0.3) is 0 Å². The molecule has 1 aliphatic heterocycles. The van der Waals surface area contributed by atoms with Gasteiger partial charge in [-0.1, -0.05) is 0 Å². The predicted octanol–water partition coefficient (Wildman–Crippen LogP) is 1.57. The molecule has 22 heavy (non-hydrogen) atoms. The Labute approximate surface area is 128 Å². The summed E-state index contributed by atoms with van der Waals surface area (Å²) >= 11 is 0. The molecule has 3 heterocycles. The summed E-state index contributed by atoms with van der Waals surface area (Å²) in [6.45, 7) is 2.75. The van der Waals surface area contributed by atoms with Gasteiger partial charge in [0.1, 0.15) is 12.4 Å². The van der Waals surface area contributed by atoms with Gasteiger partial charge in [0, 0.05) is 45.0 Å². The maximum absolute atomic E-state index is 5.91. The van der Waals surface area contributed by atoms with Crippen molar-refractivity contribution in [1.82, 2.24) is 24.2 Å². The second kappa shape index (κ2) is 5.14. The normalized spacial score (nSPS) is 20.5. The highest BCUT2D eigenvalue weighted by Gasteiger charge is 2.34. The van der Waals surface area contributed by atoms with Crippen LogP contribution in [-0.4, -0.2) is 43.4 Å². The van der Waals surface area contributed by atoms with E-state index in [1.807, 2.05) is 48.0 Å². The molecule has 2 atom stereocenters. The fourth-order valence-corrected chi connectivity index (χ4v) is 2.76. The number of aromatic nitrogens is 4. The lowest BCUT2D eigenvalue weighted by atomic mass is 10.3. The molecule has 6 heteroatoms. The summed E-state index contributed by atoms with van der Waals surface area (Å²) in [6, 6.07) is 6.57. The van der Waals surface area contributed by atoms with E-state index >= 15 is 0 Å². The molecule has 6 nitrogen and oxygen atoms in total. The molecule has 2 aromatic heterocycles. The highest BCUT2D eigenvalue weighted by atomic mass is 16.5. The molecule has 0 radical (unpaired) electrons. The van der Waals surface area contributed by atoms with Crippen molar-refractivity contribution in [1.29, 1.82) is 0 Å². The van der Waals surface area contributed by atoms with E-state index in [1.54, 1.807) is 0 Å². The highest BCUT2D eigenvalue weighted by molar-refractivity contribution is 5.76. The standard InChI is InChI=1S/C16H19N5O/c1-19-11-17-15-5-14(3-4-16(15)19)22-10-13-9-21(13)8-12-6-18-20(2)7-12/h3-7,11,13H,8-10H2,1-2H3. The van der Waals surface area contributed by atoms with Gasteiger partial charge in [0.2, 0.25) is 0 Å². The zero-order valence-electron chi connectivity index (χ0n) is 12.8. The minimum Gasteiger partial charge on any atom is -0.492 e. The molecule has 3 aromatic rings. The van der Waals surface area contributed by atoms with Crippen molar-refractivity contribution < 1.29 is 4.74 Å². The molecular formula is C16H19N5O. The Kier molecular flexibility index (Phi) is 3.11. The maximum Gasteiger partial charge on any atom is 0.121 e. The van der Waals surface area contributed by atoms with Crippen molar-refractivity contribution in [2.24, 2.45) is 14.1 Å². The molecular weight excluding hydrogens is 278 g/mol. The number of aryl methyl sites for hydroxylation is 2. The molecule has 4 rings (SSSR count). The first-order valence-corrected chi connectivity index (χ1v) is 7.44. The molecule has 114 valence electrons. The molecule has 0 spiro atoms. The van der Waals surface area contributed by atoms with Gasteiger partial charge < -0.3 is 9.30 Å². The number of rotatable bonds is 5. The Morgan fingerprint density at radius 1 is 1.32 bits per heavy atom. The topological polar surface area (TPSA) is 47.9 Å². The molecule has 0 saturated carbocycles. The van der Waals surface area contributed by atoms with Gasteiger partial charge >= 0.3 is 0 Å². The van der Waals surface area contributed by atoms with Crippen molar-refractivity contribution in [3.8, 4) is 5.75 Å². The van der Waals surface area contributed by atoms with Gasteiger partial charge in [0.05, 0.1) is 29.6 Å². The Balaban J connectivity index is 1.33. The lowest BCUT2D eigenvalue weighted by molar-refractivity contribution is 0.293. The van der Waals surface area contributed by atoms with Gasteiger partial charge in [-0.05, 0) is 12.1 Å². The zero-order valence-corrected chi connectivity index (χ0v) is 12.8. The van der Waals surface area contributed by atoms with E-state index in [1.165, 1.54) is 5.56 Å². The molecule has 0 bridgehead atoms. The van der Waals surface area contributed by atoms with Gasteiger partial charge in [-0.25, -0.2) is 4.98 Å². The monoisotopic (exact) mass is 297 g/mol. The average Bonchev–Trinajstić information content (AvgIpc) is 2.95. The van der Waals surface area contributed by atoms with Crippen LogP contribution < -0.4 is 4.74 Å². The van der Waals surface area contributed by atoms with E-state index in [2.05, 4.69) is 27.2 Å². The van der Waals surface area contributed by atoms with E-state index in [4.69, 9.17) is 4.74 Å². The minimum absolute atomic E-state index is 0.500. The minimum atomic E-state index is 0.500. The quantitative estimate of drug-likeness (QED) is 0.671.